The molecule has 7 heteroatoms. The molecule has 6 nitrogen and oxygen atoms in total. The van der Waals surface area contributed by atoms with Crippen molar-refractivity contribution in [3.8, 4) is 0 Å². The molecule has 19 heavy (non-hydrogen) atoms. The molecule has 0 bridgehead atoms. The van der Waals surface area contributed by atoms with Gasteiger partial charge in [-0.1, -0.05) is 16.8 Å². The van der Waals surface area contributed by atoms with Crippen molar-refractivity contribution < 1.29 is 9.32 Å². The van der Waals surface area contributed by atoms with E-state index in [1.165, 1.54) is 6.07 Å². The molecule has 0 saturated heterocycles. The minimum Gasteiger partial charge on any atom is -0.373 e. The second-order valence-electron chi connectivity index (χ2n) is 3.93. The Morgan fingerprint density at radius 1 is 1.42 bits per heavy atom. The smallest absolute Gasteiger partial charge is 0.251 e. The summed E-state index contributed by atoms with van der Waals surface area (Å²) in [5.41, 5.74) is 1.10. The van der Waals surface area contributed by atoms with Crippen molar-refractivity contribution >= 4 is 23.3 Å². The monoisotopic (exact) mass is 280 g/mol. The standard InChI is InChI=1S/C12H13ClN4O2/c1-7-3-9(17-19-7)6-15-12(18)8-4-10(13)16-11(5-8)14-2/h3-5H,6H2,1-2H3,(H,14,16)(H,15,18). The molecule has 2 rings (SSSR count). The van der Waals surface area contributed by atoms with Crippen LogP contribution in [0.4, 0.5) is 5.82 Å². The zero-order chi connectivity index (χ0) is 13.8. The molecule has 2 N–H and O–H groups in total. The molecule has 2 aromatic rings. The van der Waals surface area contributed by atoms with E-state index in [-0.39, 0.29) is 11.1 Å². The summed E-state index contributed by atoms with van der Waals surface area (Å²) in [6.45, 7) is 2.09. The highest BCUT2D eigenvalue weighted by Crippen LogP contribution is 2.14. The second kappa shape index (κ2) is 5.71. The number of halogens is 1. The van der Waals surface area contributed by atoms with E-state index in [2.05, 4.69) is 20.8 Å². The third kappa shape index (κ3) is 3.45. The number of amides is 1. The molecule has 0 aliphatic carbocycles. The average Bonchev–Trinajstić information content (AvgIpc) is 2.81. The lowest BCUT2D eigenvalue weighted by atomic mass is 10.2. The van der Waals surface area contributed by atoms with E-state index in [9.17, 15) is 4.79 Å². The highest BCUT2D eigenvalue weighted by molar-refractivity contribution is 6.29. The fourth-order valence-electron chi connectivity index (χ4n) is 1.53. The Morgan fingerprint density at radius 3 is 2.84 bits per heavy atom. The topological polar surface area (TPSA) is 80.0 Å². The maximum Gasteiger partial charge on any atom is 0.251 e. The van der Waals surface area contributed by atoms with Crippen molar-refractivity contribution in [2.75, 3.05) is 12.4 Å². The number of rotatable bonds is 4. The summed E-state index contributed by atoms with van der Waals surface area (Å²) in [6.07, 6.45) is 0. The van der Waals surface area contributed by atoms with Gasteiger partial charge in [-0.3, -0.25) is 4.79 Å². The van der Waals surface area contributed by atoms with Gasteiger partial charge >= 0.3 is 0 Å². The minimum atomic E-state index is -0.249. The molecule has 0 atom stereocenters. The van der Waals surface area contributed by atoms with Crippen LogP contribution in [-0.2, 0) is 6.54 Å². The van der Waals surface area contributed by atoms with Gasteiger partial charge in [-0.05, 0) is 19.1 Å². The number of anilines is 1. The Balaban J connectivity index is 2.05. The van der Waals surface area contributed by atoms with Crippen molar-refractivity contribution in [2.45, 2.75) is 13.5 Å². The molecule has 0 saturated carbocycles. The van der Waals surface area contributed by atoms with Crippen molar-refractivity contribution in [1.29, 1.82) is 0 Å². The molecule has 0 aliphatic rings. The van der Waals surface area contributed by atoms with Gasteiger partial charge in [0, 0.05) is 18.7 Å². The van der Waals surface area contributed by atoms with E-state index in [0.29, 0.717) is 29.4 Å². The highest BCUT2D eigenvalue weighted by Gasteiger charge is 2.09. The van der Waals surface area contributed by atoms with Gasteiger partial charge in [-0.25, -0.2) is 4.98 Å². The Hall–Kier alpha value is -2.08. The van der Waals surface area contributed by atoms with Crippen LogP contribution < -0.4 is 10.6 Å². The number of aromatic nitrogens is 2. The first-order valence-electron chi connectivity index (χ1n) is 5.64. The van der Waals surface area contributed by atoms with Crippen LogP contribution in [-0.4, -0.2) is 23.1 Å². The lowest BCUT2D eigenvalue weighted by Crippen LogP contribution is -2.23. The number of nitrogens with zero attached hydrogens (tertiary/aromatic N) is 2. The van der Waals surface area contributed by atoms with Gasteiger partial charge in [0.1, 0.15) is 22.4 Å². The third-order valence-electron chi connectivity index (χ3n) is 2.42. The van der Waals surface area contributed by atoms with Crippen LogP contribution in [0.1, 0.15) is 21.8 Å². The molecule has 0 aromatic carbocycles. The van der Waals surface area contributed by atoms with Gasteiger partial charge in [0.15, 0.2) is 0 Å². The fourth-order valence-corrected chi connectivity index (χ4v) is 1.74. The lowest BCUT2D eigenvalue weighted by molar-refractivity contribution is 0.0950. The molecule has 100 valence electrons. The molecule has 2 heterocycles. The maximum absolute atomic E-state index is 12.0. The van der Waals surface area contributed by atoms with E-state index in [1.54, 1.807) is 26.1 Å². The van der Waals surface area contributed by atoms with Gasteiger partial charge in [-0.2, -0.15) is 0 Å². The van der Waals surface area contributed by atoms with Gasteiger partial charge in [0.2, 0.25) is 0 Å². The molecule has 2 aromatic heterocycles. The normalized spacial score (nSPS) is 10.3. The lowest BCUT2D eigenvalue weighted by Gasteiger charge is -2.06. The van der Waals surface area contributed by atoms with Gasteiger partial charge in [0.05, 0.1) is 6.54 Å². The Kier molecular flexibility index (Phi) is 4.01. The minimum absolute atomic E-state index is 0.249. The fraction of sp³-hybridized carbons (Fsp3) is 0.250. The average molecular weight is 281 g/mol. The summed E-state index contributed by atoms with van der Waals surface area (Å²) < 4.78 is 4.92. The Labute approximate surface area is 115 Å². The third-order valence-corrected chi connectivity index (χ3v) is 2.61. The molecule has 1 amide bonds. The van der Waals surface area contributed by atoms with Crippen molar-refractivity contribution in [3.63, 3.8) is 0 Å². The number of aryl methyl sites for hydroxylation is 1. The first-order chi connectivity index (χ1) is 9.08. The van der Waals surface area contributed by atoms with E-state index in [1.807, 2.05) is 0 Å². The largest absolute Gasteiger partial charge is 0.373 e. The molecular weight excluding hydrogens is 268 g/mol. The molecule has 0 aliphatic heterocycles. The van der Waals surface area contributed by atoms with E-state index in [0.717, 1.165) is 0 Å². The van der Waals surface area contributed by atoms with Crippen LogP contribution in [0.2, 0.25) is 5.15 Å². The summed E-state index contributed by atoms with van der Waals surface area (Å²) in [7, 11) is 1.71. The SMILES string of the molecule is CNc1cc(C(=O)NCc2cc(C)on2)cc(Cl)n1. The number of hydrogen-bond acceptors (Lipinski definition) is 5. The molecule has 0 radical (unpaired) electrons. The van der Waals surface area contributed by atoms with Crippen molar-refractivity contribution in [2.24, 2.45) is 0 Å². The predicted octanol–water partition coefficient (Wildman–Crippen LogP) is 2.00. The quantitative estimate of drug-likeness (QED) is 0.838. The number of carbonyl (C=O) groups excluding carboxylic acids is 1. The van der Waals surface area contributed by atoms with E-state index in [4.69, 9.17) is 16.1 Å². The number of nitrogens with one attached hydrogen (secondary N) is 2. The first kappa shape index (κ1) is 13.4. The highest BCUT2D eigenvalue weighted by atomic mass is 35.5. The van der Waals surface area contributed by atoms with Crippen LogP contribution >= 0.6 is 11.6 Å². The molecular formula is C12H13ClN4O2. The van der Waals surface area contributed by atoms with Gasteiger partial charge in [0.25, 0.3) is 5.91 Å². The van der Waals surface area contributed by atoms with E-state index < -0.39 is 0 Å². The van der Waals surface area contributed by atoms with Crippen LogP contribution in [0.3, 0.4) is 0 Å². The molecule has 0 spiro atoms. The zero-order valence-corrected chi connectivity index (χ0v) is 11.3. The van der Waals surface area contributed by atoms with Crippen LogP contribution in [0, 0.1) is 6.92 Å². The summed E-state index contributed by atoms with van der Waals surface area (Å²) in [6, 6.07) is 4.89. The summed E-state index contributed by atoms with van der Waals surface area (Å²) in [5, 5.41) is 9.62. The van der Waals surface area contributed by atoms with Crippen molar-refractivity contribution in [3.05, 3.63) is 40.4 Å². The van der Waals surface area contributed by atoms with Crippen LogP contribution in [0.25, 0.3) is 0 Å². The van der Waals surface area contributed by atoms with Crippen LogP contribution in [0.5, 0.6) is 0 Å². The summed E-state index contributed by atoms with van der Waals surface area (Å²) in [5.74, 6) is 0.991. The van der Waals surface area contributed by atoms with E-state index >= 15 is 0 Å². The second-order valence-corrected chi connectivity index (χ2v) is 4.31. The number of hydrogen-bond donors (Lipinski definition) is 2. The number of carbonyl (C=O) groups is 1. The van der Waals surface area contributed by atoms with Gasteiger partial charge in [-0.15, -0.1) is 0 Å². The summed E-state index contributed by atoms with van der Waals surface area (Å²) in [4.78, 5) is 16.0. The Bertz CT molecular complexity index is 597. The predicted molar refractivity (Wildman–Crippen MR) is 71.2 cm³/mol. The van der Waals surface area contributed by atoms with Gasteiger partial charge < -0.3 is 15.2 Å². The zero-order valence-electron chi connectivity index (χ0n) is 10.5. The van der Waals surface area contributed by atoms with Crippen LogP contribution in [0.15, 0.2) is 22.7 Å². The first-order valence-corrected chi connectivity index (χ1v) is 6.02. The molecule has 0 fully saturated rings. The van der Waals surface area contributed by atoms with Crippen molar-refractivity contribution in [1.82, 2.24) is 15.5 Å². The molecule has 0 unspecified atom stereocenters. The summed E-state index contributed by atoms with van der Waals surface area (Å²) >= 11 is 5.83. The maximum atomic E-state index is 12.0. The number of pyridine rings is 1. The Morgan fingerprint density at radius 2 is 2.21 bits per heavy atom.